The summed E-state index contributed by atoms with van der Waals surface area (Å²) in [5, 5.41) is 79.2. The molecule has 1 heterocycles. The van der Waals surface area contributed by atoms with Gasteiger partial charge in [-0.25, -0.2) is 9.59 Å². The van der Waals surface area contributed by atoms with Gasteiger partial charge >= 0.3 is 29.8 Å². The van der Waals surface area contributed by atoms with E-state index >= 15 is 0 Å². The number of likely N-dealkylation sites (tertiary alicyclic amines) is 1. The first-order valence-corrected chi connectivity index (χ1v) is 29.5. The second-order valence-electron chi connectivity index (χ2n) is 23.1. The molecule has 1 saturated heterocycles. The number of nitrogens with one attached hydrogen (secondary N) is 9. The highest BCUT2D eigenvalue weighted by Crippen LogP contribution is 2.26. The first kappa shape index (κ1) is 79.4. The number of carbonyl (C=O) groups excluding carboxylic acids is 10. The molecule has 1 aliphatic heterocycles. The summed E-state index contributed by atoms with van der Waals surface area (Å²) in [4.78, 5) is 200. The molecule has 506 valence electrons. The van der Waals surface area contributed by atoms with E-state index in [0.717, 1.165) is 37.7 Å². The van der Waals surface area contributed by atoms with Crippen LogP contribution in [0.25, 0.3) is 0 Å². The second kappa shape index (κ2) is 38.7. The Labute approximate surface area is 520 Å². The predicted octanol–water partition coefficient (Wildman–Crippen LogP) is -3.61. The maximum atomic E-state index is 14.8. The van der Waals surface area contributed by atoms with Crippen molar-refractivity contribution in [3.63, 3.8) is 0 Å². The molecular weight excluding hydrogens is 1190 g/mol. The van der Waals surface area contributed by atoms with Gasteiger partial charge in [0, 0.05) is 12.6 Å². The zero-order valence-corrected chi connectivity index (χ0v) is 52.3. The molecule has 5 unspecified atom stereocenters. The molecular formula is C57H92N12O21. The van der Waals surface area contributed by atoms with Gasteiger partial charge in [-0.2, -0.15) is 0 Å². The number of aliphatic hydroxyl groups is 1. The van der Waals surface area contributed by atoms with Crippen molar-refractivity contribution in [3.8, 4) is 0 Å². The number of amides is 10. The van der Waals surface area contributed by atoms with Crippen LogP contribution in [-0.2, 0) is 71.9 Å². The number of allylic oxidation sites excluding steroid dienone is 3. The van der Waals surface area contributed by atoms with Crippen LogP contribution in [0.5, 0.6) is 0 Å². The molecule has 0 aromatic carbocycles. The van der Waals surface area contributed by atoms with Gasteiger partial charge in [-0.15, -0.1) is 0 Å². The summed E-state index contributed by atoms with van der Waals surface area (Å²) in [7, 11) is 0. The number of carbonyl (C=O) groups is 15. The Bertz CT molecular complexity index is 2630. The third-order valence-electron chi connectivity index (χ3n) is 14.9. The molecule has 0 radical (unpaired) electrons. The van der Waals surface area contributed by atoms with Gasteiger partial charge in [0.1, 0.15) is 54.4 Å². The minimum absolute atomic E-state index is 0.0216. The molecule has 0 aliphatic carbocycles. The number of rotatable bonds is 40. The molecule has 1 fully saturated rings. The molecule has 0 saturated carbocycles. The molecule has 1 aliphatic rings. The number of carboxylic acid groups (broad SMARTS) is 5. The number of hydrogen-bond acceptors (Lipinski definition) is 18. The maximum Gasteiger partial charge on any atom is 0.335 e. The van der Waals surface area contributed by atoms with Crippen LogP contribution in [-0.4, -0.2) is 211 Å². The summed E-state index contributed by atoms with van der Waals surface area (Å²) in [5.41, 5.74) is 11.1. The smallest absolute Gasteiger partial charge is 0.335 e. The summed E-state index contributed by atoms with van der Waals surface area (Å²) >= 11 is 0. The monoisotopic (exact) mass is 1280 g/mol. The SMILES string of the molecule is CCC(C)CC/C=C\C=C\C(=O)N[C@H](C(=O)N[C@H](C(=O)N[C@@H](C(=O)N[C@@H](CCCCN)C(=O)N[C@H](C(=O)N[C@@H](CC(=O)O)C(=O)O)C(O)C(=O)O)C(C)C)C(C)NC(=O)[C@@H]1C[C@@H](C)CN1C(=O)[C@@H](NC(=O)[C@H](NC(=O)CN)C(C)C(=O)O)C(C)C)C(C)C(=O)O. The lowest BCUT2D eigenvalue weighted by Crippen LogP contribution is -2.65. The van der Waals surface area contributed by atoms with Gasteiger partial charge in [0.05, 0.1) is 30.8 Å². The summed E-state index contributed by atoms with van der Waals surface area (Å²) < 4.78 is 0. The third kappa shape index (κ3) is 25.9. The number of aliphatic hydroxyl groups excluding tert-OH is 1. The summed E-state index contributed by atoms with van der Waals surface area (Å²) in [6.45, 7) is 14.5. The van der Waals surface area contributed by atoms with E-state index in [2.05, 4.69) is 44.1 Å². The molecule has 0 aromatic heterocycles. The zero-order chi connectivity index (χ0) is 69.0. The van der Waals surface area contributed by atoms with Crippen LogP contribution in [0.1, 0.15) is 121 Å². The molecule has 1 rings (SSSR count). The molecule has 33 heteroatoms. The number of aliphatic carboxylic acids is 5. The van der Waals surface area contributed by atoms with E-state index in [1.54, 1.807) is 38.2 Å². The van der Waals surface area contributed by atoms with Crippen LogP contribution >= 0.6 is 0 Å². The molecule has 19 N–H and O–H groups in total. The van der Waals surface area contributed by atoms with Crippen LogP contribution in [0.4, 0.5) is 0 Å². The van der Waals surface area contributed by atoms with Crippen LogP contribution < -0.4 is 59.3 Å². The molecule has 0 aromatic rings. The minimum Gasteiger partial charge on any atom is -0.481 e. The normalized spacial score (nSPS) is 18.3. The molecule has 10 amide bonds. The van der Waals surface area contributed by atoms with Gasteiger partial charge < -0.3 is 94.9 Å². The highest BCUT2D eigenvalue weighted by Gasteiger charge is 2.45. The number of carboxylic acids is 5. The van der Waals surface area contributed by atoms with E-state index in [1.807, 2.05) is 12.2 Å². The Morgan fingerprint density at radius 3 is 1.54 bits per heavy atom. The van der Waals surface area contributed by atoms with Crippen molar-refractivity contribution in [3.05, 3.63) is 24.3 Å². The quantitative estimate of drug-likeness (QED) is 0.0160. The van der Waals surface area contributed by atoms with Gasteiger partial charge in [0.2, 0.25) is 59.1 Å². The molecule has 90 heavy (non-hydrogen) atoms. The summed E-state index contributed by atoms with van der Waals surface area (Å²) in [5.74, 6) is -24.9. The Hall–Kier alpha value is -8.59. The minimum atomic E-state index is -2.78. The van der Waals surface area contributed by atoms with E-state index in [0.29, 0.717) is 12.3 Å². The summed E-state index contributed by atoms with van der Waals surface area (Å²) in [6, 6.07) is -18.2. The van der Waals surface area contributed by atoms with Crippen molar-refractivity contribution in [1.82, 2.24) is 52.8 Å². The number of hydrogen-bond donors (Lipinski definition) is 17. The first-order chi connectivity index (χ1) is 41.9. The Morgan fingerprint density at radius 2 is 1.04 bits per heavy atom. The van der Waals surface area contributed by atoms with E-state index in [1.165, 1.54) is 26.8 Å². The van der Waals surface area contributed by atoms with Crippen molar-refractivity contribution < 1.29 is 103 Å². The van der Waals surface area contributed by atoms with Crippen molar-refractivity contribution in [1.29, 1.82) is 0 Å². The van der Waals surface area contributed by atoms with Gasteiger partial charge in [-0.3, -0.25) is 62.3 Å². The van der Waals surface area contributed by atoms with Crippen molar-refractivity contribution >= 4 is 88.9 Å². The van der Waals surface area contributed by atoms with Crippen LogP contribution in [0, 0.1) is 35.5 Å². The average molecular weight is 1280 g/mol. The van der Waals surface area contributed by atoms with Gasteiger partial charge in [-0.05, 0) is 89.5 Å². The van der Waals surface area contributed by atoms with Crippen molar-refractivity contribution in [2.24, 2.45) is 47.0 Å². The van der Waals surface area contributed by atoms with Crippen LogP contribution in [0.15, 0.2) is 24.3 Å². The molecule has 0 spiro atoms. The van der Waals surface area contributed by atoms with Gasteiger partial charge in [0.25, 0.3) is 0 Å². The fourth-order valence-electron chi connectivity index (χ4n) is 9.12. The maximum absolute atomic E-state index is 14.8. The van der Waals surface area contributed by atoms with Crippen molar-refractivity contribution in [2.75, 3.05) is 19.6 Å². The molecule has 0 bridgehead atoms. The lowest BCUT2D eigenvalue weighted by molar-refractivity contribution is -0.153. The molecule has 15 atom stereocenters. The zero-order valence-electron chi connectivity index (χ0n) is 52.3. The van der Waals surface area contributed by atoms with Gasteiger partial charge in [0.15, 0.2) is 6.10 Å². The van der Waals surface area contributed by atoms with E-state index in [9.17, 15) is 97.5 Å². The van der Waals surface area contributed by atoms with Crippen LogP contribution in [0.2, 0.25) is 0 Å². The van der Waals surface area contributed by atoms with E-state index in [4.69, 9.17) is 16.6 Å². The number of nitrogens with two attached hydrogens (primary N) is 2. The fourth-order valence-corrected chi connectivity index (χ4v) is 9.12. The second-order valence-corrected chi connectivity index (χ2v) is 23.1. The Balaban J connectivity index is 3.97. The Morgan fingerprint density at radius 1 is 0.544 bits per heavy atom. The fraction of sp³-hybridized carbons (Fsp3) is 0.667. The first-order valence-electron chi connectivity index (χ1n) is 29.5. The number of nitrogens with zero attached hydrogens (tertiary/aromatic N) is 1. The highest BCUT2D eigenvalue weighted by atomic mass is 16.4. The average Bonchev–Trinajstić information content (AvgIpc) is 1.66. The van der Waals surface area contributed by atoms with E-state index in [-0.39, 0.29) is 38.8 Å². The molecule has 33 nitrogen and oxygen atoms in total. The number of unbranched alkanes of at least 4 members (excludes halogenated alkanes) is 1. The largest absolute Gasteiger partial charge is 0.481 e. The Kier molecular flexibility index (Phi) is 34.2. The third-order valence-corrected chi connectivity index (χ3v) is 14.9. The van der Waals surface area contributed by atoms with Crippen molar-refractivity contribution in [2.45, 2.75) is 187 Å². The highest BCUT2D eigenvalue weighted by molar-refractivity contribution is 6.01. The lowest BCUT2D eigenvalue weighted by Gasteiger charge is -2.34. The van der Waals surface area contributed by atoms with Crippen LogP contribution in [0.3, 0.4) is 0 Å². The summed E-state index contributed by atoms with van der Waals surface area (Å²) in [6.07, 6.45) is 4.19. The standard InChI is InChI=1S/C57H92N12O21/c1-11-28(6)18-14-12-13-15-20-36(70)63-41(30(8)54(83)84)50(79)67-43(32(10)60-47(76)35-22-29(7)25-69(35)53(82)40(27(4)5)66-49(78)42(31(9)55(85)86)64-37(71)24-59)51(80)65-39(26(2)3)48(77)61-33(19-16-17-21-58)46(75)68-44(45(74)57(89)90)52(81)62-34(56(87)88)23-38(72)73/h12-13,15,20,26-35,39-45,74H,11,14,16-19,21-25,58-59H2,1-10H3,(H,60,76)(H,61,77)(H,62,81)(H,63,70)(H,64,71)(H,65,80)(H,66,78)(H,67,79)(H,68,75)(H,72,73)(H,83,84)(H,85,86)(H,87,88)(H,89,90)/b13-12-,20-15+/t28?,29-,30?,31?,32?,33+,34+,35+,39-,40+,41+,42-,43+,44+,45?/m1/s1. The topological polar surface area (TPSA) is 541 Å². The van der Waals surface area contributed by atoms with Gasteiger partial charge in [-0.1, -0.05) is 73.1 Å². The lowest BCUT2D eigenvalue weighted by atomic mass is 9.97. The van der Waals surface area contributed by atoms with E-state index < -0.39 is 198 Å². The predicted molar refractivity (Wildman–Crippen MR) is 318 cm³/mol.